The van der Waals surface area contributed by atoms with E-state index in [-0.39, 0.29) is 5.97 Å². The topological polar surface area (TPSA) is 35.5 Å². The molecule has 2 aromatic carbocycles. The number of likely N-dealkylation sites (tertiary alicyclic amines) is 1. The molecule has 0 saturated carbocycles. The van der Waals surface area contributed by atoms with E-state index >= 15 is 0 Å². The predicted molar refractivity (Wildman–Crippen MR) is 87.8 cm³/mol. The molecule has 0 aromatic heterocycles. The van der Waals surface area contributed by atoms with Gasteiger partial charge in [-0.2, -0.15) is 0 Å². The van der Waals surface area contributed by atoms with Gasteiger partial charge in [0.1, 0.15) is 19.6 Å². The van der Waals surface area contributed by atoms with Crippen molar-refractivity contribution in [1.82, 2.24) is 0 Å². The van der Waals surface area contributed by atoms with Gasteiger partial charge >= 0.3 is 5.97 Å². The minimum absolute atomic E-state index is 0.328. The van der Waals surface area contributed by atoms with Gasteiger partial charge in [0.05, 0.1) is 12.7 Å². The molecule has 4 nitrogen and oxygen atoms in total. The van der Waals surface area contributed by atoms with Crippen molar-refractivity contribution in [2.24, 2.45) is 0 Å². The third-order valence-corrected chi connectivity index (χ3v) is 4.27. The van der Waals surface area contributed by atoms with Gasteiger partial charge in [0.25, 0.3) is 0 Å². The van der Waals surface area contributed by atoms with Crippen molar-refractivity contribution >= 4 is 5.97 Å². The highest BCUT2D eigenvalue weighted by molar-refractivity contribution is 5.89. The van der Waals surface area contributed by atoms with Crippen LogP contribution in [0.5, 0.6) is 5.75 Å². The van der Waals surface area contributed by atoms with Crippen LogP contribution in [-0.4, -0.2) is 30.8 Å². The summed E-state index contributed by atoms with van der Waals surface area (Å²) >= 11 is 0. The zero-order chi connectivity index (χ0) is 16.1. The molecule has 23 heavy (non-hydrogen) atoms. The number of nitrogens with zero attached hydrogens (tertiary/aromatic N) is 1. The second-order valence-electron chi connectivity index (χ2n) is 5.96. The van der Waals surface area contributed by atoms with Gasteiger partial charge in [0, 0.05) is 18.4 Å². The van der Waals surface area contributed by atoms with Crippen LogP contribution < -0.4 is 4.84 Å². The zero-order valence-corrected chi connectivity index (χ0v) is 13.4. The Morgan fingerprint density at radius 1 is 1.00 bits per heavy atom. The van der Waals surface area contributed by atoms with E-state index in [1.807, 2.05) is 18.2 Å². The van der Waals surface area contributed by atoms with Crippen molar-refractivity contribution in [2.45, 2.75) is 19.4 Å². The summed E-state index contributed by atoms with van der Waals surface area (Å²) < 4.78 is 5.34. The normalized spacial score (nSPS) is 16.0. The molecule has 3 rings (SSSR count). The summed E-state index contributed by atoms with van der Waals surface area (Å²) in [6, 6.07) is 17.6. The first-order valence-electron chi connectivity index (χ1n) is 7.99. The minimum Gasteiger partial charge on any atom is -0.465 e. The highest BCUT2D eigenvalue weighted by Crippen LogP contribution is 2.27. The number of hydroxylamine groups is 3. The fraction of sp³-hybridized carbons (Fsp3) is 0.316. The van der Waals surface area contributed by atoms with E-state index in [0.717, 1.165) is 25.4 Å². The molecule has 0 aliphatic carbocycles. The van der Waals surface area contributed by atoms with Crippen molar-refractivity contribution in [2.75, 3.05) is 20.2 Å². The highest BCUT2D eigenvalue weighted by atomic mass is 16.7. The fourth-order valence-electron chi connectivity index (χ4n) is 3.10. The van der Waals surface area contributed by atoms with Crippen LogP contribution in [0.3, 0.4) is 0 Å². The van der Waals surface area contributed by atoms with Crippen LogP contribution in [0.4, 0.5) is 0 Å². The summed E-state index contributed by atoms with van der Waals surface area (Å²) in [6.45, 7) is 2.88. The van der Waals surface area contributed by atoms with Gasteiger partial charge in [-0.25, -0.2) is 4.79 Å². The van der Waals surface area contributed by atoms with E-state index in [4.69, 9.17) is 9.57 Å². The molecule has 1 aliphatic heterocycles. The second-order valence-corrected chi connectivity index (χ2v) is 5.96. The molecule has 120 valence electrons. The number of rotatable bonds is 5. The molecule has 1 heterocycles. The lowest BCUT2D eigenvalue weighted by Crippen LogP contribution is -2.47. The Balaban J connectivity index is 1.76. The number of esters is 1. The molecule has 2 aromatic rings. The Labute approximate surface area is 136 Å². The maximum absolute atomic E-state index is 11.5. The summed E-state index contributed by atoms with van der Waals surface area (Å²) in [4.78, 5) is 17.8. The molecule has 1 fully saturated rings. The molecule has 0 N–H and O–H groups in total. The Hall–Kier alpha value is -2.33. The number of hydrogen-bond acceptors (Lipinski definition) is 3. The summed E-state index contributed by atoms with van der Waals surface area (Å²) in [5.74, 6) is 0.460. The Morgan fingerprint density at radius 2 is 1.65 bits per heavy atom. The van der Waals surface area contributed by atoms with Crippen LogP contribution >= 0.6 is 0 Å². The number of quaternary nitrogens is 1. The van der Waals surface area contributed by atoms with Gasteiger partial charge in [0.15, 0.2) is 5.75 Å². The zero-order valence-electron chi connectivity index (χ0n) is 13.4. The molecule has 0 unspecified atom stereocenters. The average molecular weight is 312 g/mol. The van der Waals surface area contributed by atoms with Gasteiger partial charge in [-0.1, -0.05) is 30.3 Å². The first kappa shape index (κ1) is 15.6. The minimum atomic E-state index is -0.328. The molecule has 4 heteroatoms. The second kappa shape index (κ2) is 6.84. The molecular formula is C19H22NO3+. The van der Waals surface area contributed by atoms with Crippen LogP contribution in [0.1, 0.15) is 28.8 Å². The summed E-state index contributed by atoms with van der Waals surface area (Å²) in [5, 5.41) is 0. The van der Waals surface area contributed by atoms with E-state index in [1.165, 1.54) is 25.5 Å². The molecule has 0 amide bonds. The summed E-state index contributed by atoms with van der Waals surface area (Å²) in [7, 11) is 1.39. The number of benzene rings is 2. The lowest BCUT2D eigenvalue weighted by molar-refractivity contribution is -1.08. The maximum atomic E-state index is 11.5. The highest BCUT2D eigenvalue weighted by Gasteiger charge is 2.35. The van der Waals surface area contributed by atoms with E-state index in [1.54, 1.807) is 12.1 Å². The van der Waals surface area contributed by atoms with Crippen molar-refractivity contribution in [3.8, 4) is 5.75 Å². The van der Waals surface area contributed by atoms with Crippen molar-refractivity contribution in [3.63, 3.8) is 0 Å². The largest absolute Gasteiger partial charge is 0.465 e. The van der Waals surface area contributed by atoms with Crippen molar-refractivity contribution in [3.05, 3.63) is 65.7 Å². The van der Waals surface area contributed by atoms with Crippen molar-refractivity contribution < 1.29 is 19.0 Å². The Kier molecular flexibility index (Phi) is 4.63. The predicted octanol–water partition coefficient (Wildman–Crippen LogP) is 3.58. The van der Waals surface area contributed by atoms with Gasteiger partial charge in [-0.3, -0.25) is 0 Å². The average Bonchev–Trinajstić information content (AvgIpc) is 3.04. The third-order valence-electron chi connectivity index (χ3n) is 4.27. The monoisotopic (exact) mass is 312 g/mol. The molecule has 1 saturated heterocycles. The molecule has 0 atom stereocenters. The van der Waals surface area contributed by atoms with Crippen molar-refractivity contribution in [1.29, 1.82) is 0 Å². The summed E-state index contributed by atoms with van der Waals surface area (Å²) in [6.07, 6.45) is 2.35. The van der Waals surface area contributed by atoms with Gasteiger partial charge < -0.3 is 9.57 Å². The van der Waals surface area contributed by atoms with Crippen LogP contribution in [-0.2, 0) is 11.3 Å². The molecule has 0 bridgehead atoms. The quantitative estimate of drug-likeness (QED) is 0.625. The Morgan fingerprint density at radius 3 is 2.26 bits per heavy atom. The van der Waals surface area contributed by atoms with Crippen LogP contribution in [0.2, 0.25) is 0 Å². The van der Waals surface area contributed by atoms with Gasteiger partial charge in [-0.15, -0.1) is 4.65 Å². The number of methoxy groups -OCH3 is 1. The van der Waals surface area contributed by atoms with Crippen LogP contribution in [0, 0.1) is 0 Å². The fourth-order valence-corrected chi connectivity index (χ4v) is 3.10. The Bertz CT molecular complexity index is 646. The van der Waals surface area contributed by atoms with E-state index in [9.17, 15) is 4.79 Å². The first-order valence-corrected chi connectivity index (χ1v) is 7.99. The number of ether oxygens (including phenoxy) is 1. The molecule has 1 aliphatic rings. The number of carbonyl (C=O) groups excluding carboxylic acids is 1. The molecule has 0 radical (unpaired) electrons. The third kappa shape index (κ3) is 3.71. The lowest BCUT2D eigenvalue weighted by atomic mass is 10.2. The number of hydrogen-bond donors (Lipinski definition) is 0. The van der Waals surface area contributed by atoms with Gasteiger partial charge in [-0.05, 0) is 24.3 Å². The smallest absolute Gasteiger partial charge is 0.337 e. The van der Waals surface area contributed by atoms with Crippen LogP contribution in [0.25, 0.3) is 0 Å². The van der Waals surface area contributed by atoms with Crippen LogP contribution in [0.15, 0.2) is 54.6 Å². The summed E-state index contributed by atoms with van der Waals surface area (Å²) in [5.41, 5.74) is 1.82. The van der Waals surface area contributed by atoms with E-state index in [2.05, 4.69) is 24.3 Å². The SMILES string of the molecule is COC(=O)c1ccc(O[N+]2(Cc3ccccc3)CCCC2)cc1. The first-order chi connectivity index (χ1) is 11.2. The van der Waals surface area contributed by atoms with Gasteiger partial charge in [0.2, 0.25) is 0 Å². The maximum Gasteiger partial charge on any atom is 0.337 e. The van der Waals surface area contributed by atoms with E-state index < -0.39 is 0 Å². The lowest BCUT2D eigenvalue weighted by Gasteiger charge is -2.31. The molecule has 0 spiro atoms. The van der Waals surface area contributed by atoms with E-state index in [0.29, 0.717) is 10.2 Å². The standard InChI is InChI=1S/C19H22NO3/c1-22-19(21)17-9-11-18(12-10-17)23-20(13-5-6-14-20)15-16-7-3-2-4-8-16/h2-4,7-12H,5-6,13-15H2,1H3/q+1. The molecular weight excluding hydrogens is 290 g/mol. The number of carbonyl (C=O) groups is 1.